The van der Waals surface area contributed by atoms with E-state index in [1.807, 2.05) is 19.9 Å². The number of nitrogens with one attached hydrogen (secondary N) is 1. The summed E-state index contributed by atoms with van der Waals surface area (Å²) in [6.45, 7) is 4.99. The topological polar surface area (TPSA) is 97.6 Å². The highest BCUT2D eigenvalue weighted by Crippen LogP contribution is 2.47. The number of ether oxygens (including phenoxy) is 1. The van der Waals surface area contributed by atoms with Crippen LogP contribution >= 0.6 is 7.75 Å². The summed E-state index contributed by atoms with van der Waals surface area (Å²) in [5.41, 5.74) is 0.180. The third-order valence-corrected chi connectivity index (χ3v) is 6.49. The van der Waals surface area contributed by atoms with Gasteiger partial charge in [0.05, 0.1) is 18.2 Å². The fourth-order valence-corrected chi connectivity index (χ4v) is 4.25. The highest BCUT2D eigenvalue weighted by molar-refractivity contribution is 7.52. The van der Waals surface area contributed by atoms with Gasteiger partial charge in [-0.3, -0.25) is 4.79 Å². The van der Waals surface area contributed by atoms with Crippen LogP contribution in [0.25, 0.3) is 0 Å². The molecule has 1 N–H and O–H groups in total. The lowest BCUT2D eigenvalue weighted by Gasteiger charge is -2.24. The van der Waals surface area contributed by atoms with E-state index in [0.717, 1.165) is 25.0 Å². The molecule has 0 saturated heterocycles. The number of halogens is 5. The fraction of sp³-hybridized carbons (Fsp3) is 0.364. The largest absolute Gasteiger partial charge is 0.513 e. The molecule has 0 aromatic heterocycles. The van der Waals surface area contributed by atoms with Gasteiger partial charge in [0.25, 0.3) is 0 Å². The maximum Gasteiger partial charge on any atom is 0.513 e. The van der Waals surface area contributed by atoms with Crippen molar-refractivity contribution >= 4 is 13.7 Å². The van der Waals surface area contributed by atoms with Crippen LogP contribution in [0.3, 0.4) is 0 Å². The highest BCUT2D eigenvalue weighted by Gasteiger charge is 2.38. The standard InChI is InChI=1S/C22H22F5N2O5P/c1-4-13(5-2)11-32-22(30)12(3)29-35(31,33-15-8-6-14(10-28)7-9-15)34-21-19(26)17(24)16(23)18(25)20(21)27/h6-9,12-13H,4-5,11H2,1-3H3,(H,29,31). The molecule has 0 aliphatic rings. The second-order valence-electron chi connectivity index (χ2n) is 7.38. The predicted molar refractivity (Wildman–Crippen MR) is 114 cm³/mol. The Morgan fingerprint density at radius 2 is 1.49 bits per heavy atom. The van der Waals surface area contributed by atoms with E-state index in [0.29, 0.717) is 0 Å². The molecule has 0 aliphatic heterocycles. The summed E-state index contributed by atoms with van der Waals surface area (Å²) >= 11 is 0. The zero-order chi connectivity index (χ0) is 26.3. The number of carbonyl (C=O) groups excluding carboxylic acids is 1. The van der Waals surface area contributed by atoms with Gasteiger partial charge in [0.2, 0.25) is 34.8 Å². The molecule has 190 valence electrons. The van der Waals surface area contributed by atoms with Gasteiger partial charge in [-0.2, -0.15) is 19.1 Å². The summed E-state index contributed by atoms with van der Waals surface area (Å²) in [6.07, 6.45) is 1.44. The van der Waals surface area contributed by atoms with Crippen LogP contribution in [0.1, 0.15) is 39.2 Å². The molecule has 0 radical (unpaired) electrons. The van der Waals surface area contributed by atoms with Crippen molar-refractivity contribution in [3.05, 3.63) is 58.9 Å². The number of esters is 1. The quantitative estimate of drug-likeness (QED) is 0.132. The van der Waals surface area contributed by atoms with Crippen molar-refractivity contribution in [3.63, 3.8) is 0 Å². The fourth-order valence-electron chi connectivity index (χ4n) is 2.72. The van der Waals surface area contributed by atoms with E-state index in [1.165, 1.54) is 19.1 Å². The van der Waals surface area contributed by atoms with Gasteiger partial charge >= 0.3 is 13.7 Å². The van der Waals surface area contributed by atoms with Gasteiger partial charge in [0.1, 0.15) is 11.8 Å². The van der Waals surface area contributed by atoms with Crippen LogP contribution in [0.2, 0.25) is 0 Å². The first-order chi connectivity index (χ1) is 16.5. The average molecular weight is 520 g/mol. The molecule has 2 aromatic rings. The third kappa shape index (κ3) is 6.93. The minimum absolute atomic E-state index is 0.0388. The van der Waals surface area contributed by atoms with E-state index in [2.05, 4.69) is 9.61 Å². The van der Waals surface area contributed by atoms with Crippen molar-refractivity contribution in [1.29, 1.82) is 5.26 Å². The molecule has 0 amide bonds. The first kappa shape index (κ1) is 28.1. The van der Waals surface area contributed by atoms with Crippen LogP contribution in [0.4, 0.5) is 22.0 Å². The number of hydrogen-bond donors (Lipinski definition) is 1. The van der Waals surface area contributed by atoms with Gasteiger partial charge in [0.15, 0.2) is 0 Å². The van der Waals surface area contributed by atoms with E-state index in [9.17, 15) is 31.3 Å². The molecule has 2 atom stereocenters. The number of benzene rings is 2. The van der Waals surface area contributed by atoms with Crippen LogP contribution in [0.15, 0.2) is 24.3 Å². The monoisotopic (exact) mass is 520 g/mol. The SMILES string of the molecule is CCC(CC)COC(=O)C(C)NP(=O)(Oc1ccc(C#N)cc1)Oc1c(F)c(F)c(F)c(F)c1F. The summed E-state index contributed by atoms with van der Waals surface area (Å²) in [6, 6.07) is 5.14. The van der Waals surface area contributed by atoms with Gasteiger partial charge in [-0.05, 0) is 37.1 Å². The Kier molecular flexibility index (Phi) is 9.63. The predicted octanol–water partition coefficient (Wildman–Crippen LogP) is 5.78. The molecule has 2 unspecified atom stereocenters. The smallest absolute Gasteiger partial charge is 0.464 e. The highest BCUT2D eigenvalue weighted by atomic mass is 31.2. The van der Waals surface area contributed by atoms with Crippen molar-refractivity contribution in [3.8, 4) is 17.6 Å². The lowest BCUT2D eigenvalue weighted by Crippen LogP contribution is -2.36. The minimum Gasteiger partial charge on any atom is -0.464 e. The van der Waals surface area contributed by atoms with Gasteiger partial charge in [-0.1, -0.05) is 26.7 Å². The molecule has 2 rings (SSSR count). The van der Waals surface area contributed by atoms with Gasteiger partial charge in [-0.25, -0.2) is 17.7 Å². The normalized spacial score (nSPS) is 13.6. The molecule has 7 nitrogen and oxygen atoms in total. The summed E-state index contributed by atoms with van der Waals surface area (Å²) in [5, 5.41) is 11.0. The Balaban J connectivity index is 2.39. The van der Waals surface area contributed by atoms with Gasteiger partial charge in [0, 0.05) is 0 Å². The van der Waals surface area contributed by atoms with Gasteiger partial charge in [-0.15, -0.1) is 0 Å². The maximum atomic E-state index is 14.2. The van der Waals surface area contributed by atoms with E-state index in [1.54, 1.807) is 0 Å². The Hall–Kier alpha value is -3.16. The molecule has 0 heterocycles. The molecule has 35 heavy (non-hydrogen) atoms. The first-order valence-corrected chi connectivity index (χ1v) is 12.0. The third-order valence-electron chi connectivity index (χ3n) is 4.91. The molecule has 0 bridgehead atoms. The molecule has 13 heteroatoms. The Morgan fingerprint density at radius 3 is 1.97 bits per heavy atom. The molecule has 0 spiro atoms. The molecule has 0 saturated carbocycles. The van der Waals surface area contributed by atoms with E-state index >= 15 is 0 Å². The van der Waals surface area contributed by atoms with Crippen molar-refractivity contribution < 1.29 is 45.1 Å². The van der Waals surface area contributed by atoms with Crippen LogP contribution < -0.4 is 14.1 Å². The zero-order valence-electron chi connectivity index (χ0n) is 18.9. The first-order valence-electron chi connectivity index (χ1n) is 10.4. The molecule has 2 aromatic carbocycles. The molecular weight excluding hydrogens is 498 g/mol. The van der Waals surface area contributed by atoms with E-state index in [-0.39, 0.29) is 23.8 Å². The summed E-state index contributed by atoms with van der Waals surface area (Å²) in [7, 11) is -5.04. The Morgan fingerprint density at radius 1 is 0.971 bits per heavy atom. The number of nitriles is 1. The average Bonchev–Trinajstić information content (AvgIpc) is 2.85. The van der Waals surface area contributed by atoms with Crippen LogP contribution in [-0.4, -0.2) is 18.6 Å². The van der Waals surface area contributed by atoms with Crippen molar-refractivity contribution in [2.24, 2.45) is 5.92 Å². The lowest BCUT2D eigenvalue weighted by atomic mass is 10.1. The number of carbonyl (C=O) groups is 1. The second kappa shape index (κ2) is 12.0. The molecular formula is C22H22F5N2O5P. The number of hydrogen-bond acceptors (Lipinski definition) is 6. The lowest BCUT2D eigenvalue weighted by molar-refractivity contribution is -0.146. The zero-order valence-corrected chi connectivity index (χ0v) is 19.8. The van der Waals surface area contributed by atoms with Crippen molar-refractivity contribution in [2.45, 2.75) is 39.7 Å². The molecule has 0 aliphatic carbocycles. The van der Waals surface area contributed by atoms with E-state index < -0.39 is 54.6 Å². The van der Waals surface area contributed by atoms with Crippen molar-refractivity contribution in [1.82, 2.24) is 5.09 Å². The maximum absolute atomic E-state index is 14.2. The van der Waals surface area contributed by atoms with Gasteiger partial charge < -0.3 is 13.8 Å². The summed E-state index contributed by atoms with van der Waals surface area (Å²) in [5.74, 6) is -14.9. The van der Waals surface area contributed by atoms with Crippen LogP contribution in [0, 0.1) is 46.3 Å². The van der Waals surface area contributed by atoms with Crippen molar-refractivity contribution in [2.75, 3.05) is 6.61 Å². The Labute approximate surface area is 198 Å². The van der Waals surface area contributed by atoms with Crippen LogP contribution in [-0.2, 0) is 14.1 Å². The Bertz CT molecular complexity index is 1120. The summed E-state index contributed by atoms with van der Waals surface area (Å²) < 4.78 is 97.3. The van der Waals surface area contributed by atoms with Crippen LogP contribution in [0.5, 0.6) is 11.5 Å². The molecule has 0 fully saturated rings. The minimum atomic E-state index is -5.04. The second-order valence-corrected chi connectivity index (χ2v) is 9.00. The number of rotatable bonds is 11. The summed E-state index contributed by atoms with van der Waals surface area (Å²) in [4.78, 5) is 12.4. The van der Waals surface area contributed by atoms with E-state index in [4.69, 9.17) is 14.5 Å². The number of nitrogens with zero attached hydrogens (tertiary/aromatic N) is 1.